The normalized spacial score (nSPS) is 24.6. The second-order valence-electron chi connectivity index (χ2n) is 4.65. The Balaban J connectivity index is 2.11. The van der Waals surface area contributed by atoms with Crippen LogP contribution in [-0.4, -0.2) is 20.3 Å². The van der Waals surface area contributed by atoms with E-state index in [1.807, 2.05) is 13.0 Å². The fourth-order valence-corrected chi connectivity index (χ4v) is 5.35. The van der Waals surface area contributed by atoms with E-state index in [2.05, 4.69) is 4.72 Å². The molecule has 2 unspecified atom stereocenters. The van der Waals surface area contributed by atoms with Gasteiger partial charge in [0.25, 0.3) is 0 Å². The van der Waals surface area contributed by atoms with Gasteiger partial charge in [0.1, 0.15) is 4.21 Å². The lowest BCUT2D eigenvalue weighted by Gasteiger charge is -2.18. The lowest BCUT2D eigenvalue weighted by Crippen LogP contribution is -2.37. The van der Waals surface area contributed by atoms with Gasteiger partial charge >= 0.3 is 0 Å². The van der Waals surface area contributed by atoms with E-state index in [1.54, 1.807) is 6.07 Å². The van der Waals surface area contributed by atoms with Crippen molar-refractivity contribution in [2.75, 3.05) is 5.88 Å². The largest absolute Gasteiger partial charge is 0.250 e. The summed E-state index contributed by atoms with van der Waals surface area (Å²) in [7, 11) is -3.37. The Morgan fingerprint density at radius 1 is 1.44 bits per heavy atom. The first-order valence-electron chi connectivity index (χ1n) is 6.24. The Kier molecular flexibility index (Phi) is 4.69. The maximum atomic E-state index is 12.2. The number of thiophene rings is 1. The molecule has 102 valence electrons. The number of rotatable bonds is 5. The topological polar surface area (TPSA) is 46.2 Å². The van der Waals surface area contributed by atoms with Crippen LogP contribution in [0.25, 0.3) is 0 Å². The van der Waals surface area contributed by atoms with Crippen LogP contribution < -0.4 is 4.72 Å². The minimum Gasteiger partial charge on any atom is -0.207 e. The van der Waals surface area contributed by atoms with Gasteiger partial charge < -0.3 is 0 Å². The first-order chi connectivity index (χ1) is 8.56. The molecule has 0 saturated heterocycles. The summed E-state index contributed by atoms with van der Waals surface area (Å²) < 4.78 is 27.7. The molecule has 1 aromatic rings. The molecule has 0 aliphatic heterocycles. The summed E-state index contributed by atoms with van der Waals surface area (Å²) >= 11 is 7.22. The van der Waals surface area contributed by atoms with E-state index >= 15 is 0 Å². The van der Waals surface area contributed by atoms with Gasteiger partial charge in [-0.25, -0.2) is 13.1 Å². The lowest BCUT2D eigenvalue weighted by atomic mass is 10.1. The maximum Gasteiger partial charge on any atom is 0.250 e. The van der Waals surface area contributed by atoms with Crippen molar-refractivity contribution in [2.24, 2.45) is 5.92 Å². The van der Waals surface area contributed by atoms with Crippen LogP contribution in [0, 0.1) is 5.92 Å². The number of aryl methyl sites for hydroxylation is 1. The Morgan fingerprint density at radius 2 is 2.22 bits per heavy atom. The Bertz CT molecular complexity index is 498. The number of halogens is 1. The molecule has 1 aromatic heterocycles. The second-order valence-corrected chi connectivity index (χ2v) is 8.07. The summed E-state index contributed by atoms with van der Waals surface area (Å²) in [5.41, 5.74) is 0. The van der Waals surface area contributed by atoms with E-state index in [4.69, 9.17) is 11.6 Å². The van der Waals surface area contributed by atoms with E-state index in [9.17, 15) is 8.42 Å². The molecule has 1 fully saturated rings. The van der Waals surface area contributed by atoms with Gasteiger partial charge in [-0.2, -0.15) is 0 Å². The third-order valence-electron chi connectivity index (χ3n) is 3.41. The molecule has 0 radical (unpaired) electrons. The summed E-state index contributed by atoms with van der Waals surface area (Å²) in [6.07, 6.45) is 3.83. The summed E-state index contributed by atoms with van der Waals surface area (Å²) in [4.78, 5) is 1.09. The van der Waals surface area contributed by atoms with E-state index in [-0.39, 0.29) is 12.0 Å². The van der Waals surface area contributed by atoms with Crippen molar-refractivity contribution in [3.63, 3.8) is 0 Å². The standard InChI is InChI=1S/C12H18ClNO2S2/c1-2-10-6-7-12(17-10)18(15,16)14-11-5-3-4-9(11)8-13/h6-7,9,11,14H,2-5,8H2,1H3. The Hall–Kier alpha value is -0.100. The zero-order valence-corrected chi connectivity index (χ0v) is 12.7. The van der Waals surface area contributed by atoms with Crippen LogP contribution in [-0.2, 0) is 16.4 Å². The average molecular weight is 308 g/mol. The van der Waals surface area contributed by atoms with Gasteiger partial charge in [0.2, 0.25) is 10.0 Å². The quantitative estimate of drug-likeness (QED) is 0.850. The summed E-state index contributed by atoms with van der Waals surface area (Å²) in [5.74, 6) is 0.796. The molecule has 6 heteroatoms. The van der Waals surface area contributed by atoms with Crippen LogP contribution in [0.5, 0.6) is 0 Å². The van der Waals surface area contributed by atoms with Crippen molar-refractivity contribution >= 4 is 33.0 Å². The molecule has 0 amide bonds. The highest BCUT2D eigenvalue weighted by atomic mass is 35.5. The van der Waals surface area contributed by atoms with Crippen LogP contribution in [0.1, 0.15) is 31.1 Å². The molecule has 0 aromatic carbocycles. The summed E-state index contributed by atoms with van der Waals surface area (Å²) in [5, 5.41) is 0. The van der Waals surface area contributed by atoms with Crippen LogP contribution in [0.2, 0.25) is 0 Å². The SMILES string of the molecule is CCc1ccc(S(=O)(=O)NC2CCCC2CCl)s1. The minimum atomic E-state index is -3.37. The van der Waals surface area contributed by atoms with Gasteiger partial charge in [-0.15, -0.1) is 22.9 Å². The number of nitrogens with one attached hydrogen (secondary N) is 1. The summed E-state index contributed by atoms with van der Waals surface area (Å²) in [6.45, 7) is 2.02. The van der Waals surface area contributed by atoms with Crippen molar-refractivity contribution in [1.29, 1.82) is 0 Å². The average Bonchev–Trinajstić information content (AvgIpc) is 2.96. The predicted octanol–water partition coefficient (Wildman–Crippen LogP) is 3.00. The lowest BCUT2D eigenvalue weighted by molar-refractivity contribution is 0.481. The molecule has 1 N–H and O–H groups in total. The number of hydrogen-bond acceptors (Lipinski definition) is 3. The van der Waals surface area contributed by atoms with Crippen molar-refractivity contribution in [2.45, 2.75) is 42.9 Å². The van der Waals surface area contributed by atoms with E-state index in [0.29, 0.717) is 10.1 Å². The van der Waals surface area contributed by atoms with Crippen molar-refractivity contribution in [3.8, 4) is 0 Å². The molecule has 1 aliphatic carbocycles. The molecule has 2 rings (SSSR count). The van der Waals surface area contributed by atoms with Crippen molar-refractivity contribution in [1.82, 2.24) is 4.72 Å². The van der Waals surface area contributed by atoms with Gasteiger partial charge in [-0.1, -0.05) is 13.3 Å². The van der Waals surface area contributed by atoms with Crippen LogP contribution in [0.4, 0.5) is 0 Å². The fourth-order valence-electron chi connectivity index (χ4n) is 2.33. The number of alkyl halides is 1. The van der Waals surface area contributed by atoms with Crippen molar-refractivity contribution < 1.29 is 8.42 Å². The van der Waals surface area contributed by atoms with Gasteiger partial charge in [0, 0.05) is 16.8 Å². The molecular weight excluding hydrogens is 290 g/mol. The molecule has 2 atom stereocenters. The van der Waals surface area contributed by atoms with Crippen LogP contribution in [0.3, 0.4) is 0 Å². The molecule has 18 heavy (non-hydrogen) atoms. The van der Waals surface area contributed by atoms with Gasteiger partial charge in [-0.3, -0.25) is 0 Å². The highest BCUT2D eigenvalue weighted by Gasteiger charge is 2.31. The summed E-state index contributed by atoms with van der Waals surface area (Å²) in [6, 6.07) is 3.57. The van der Waals surface area contributed by atoms with E-state index in [0.717, 1.165) is 30.6 Å². The monoisotopic (exact) mass is 307 g/mol. The van der Waals surface area contributed by atoms with Crippen LogP contribution in [0.15, 0.2) is 16.3 Å². The molecule has 3 nitrogen and oxygen atoms in total. The van der Waals surface area contributed by atoms with E-state index < -0.39 is 10.0 Å². The Labute approximate surface area is 118 Å². The zero-order chi connectivity index (χ0) is 13.2. The first kappa shape index (κ1) is 14.3. The third-order valence-corrected chi connectivity index (χ3v) is 7.02. The highest BCUT2D eigenvalue weighted by molar-refractivity contribution is 7.91. The van der Waals surface area contributed by atoms with Crippen LogP contribution >= 0.6 is 22.9 Å². The smallest absolute Gasteiger partial charge is 0.207 e. The number of hydrogen-bond donors (Lipinski definition) is 1. The maximum absolute atomic E-state index is 12.2. The highest BCUT2D eigenvalue weighted by Crippen LogP contribution is 2.29. The first-order valence-corrected chi connectivity index (χ1v) is 9.07. The molecular formula is C12H18ClNO2S2. The van der Waals surface area contributed by atoms with Gasteiger partial charge in [-0.05, 0) is 37.3 Å². The van der Waals surface area contributed by atoms with Gasteiger partial charge in [0.05, 0.1) is 0 Å². The minimum absolute atomic E-state index is 0.000300. The molecule has 1 aliphatic rings. The second kappa shape index (κ2) is 5.90. The zero-order valence-electron chi connectivity index (χ0n) is 10.4. The molecule has 0 spiro atoms. The molecule has 0 bridgehead atoms. The van der Waals surface area contributed by atoms with E-state index in [1.165, 1.54) is 11.3 Å². The fraction of sp³-hybridized carbons (Fsp3) is 0.667. The molecule has 1 saturated carbocycles. The molecule has 1 heterocycles. The predicted molar refractivity (Wildman–Crippen MR) is 75.9 cm³/mol. The van der Waals surface area contributed by atoms with Gasteiger partial charge in [0.15, 0.2) is 0 Å². The van der Waals surface area contributed by atoms with Crippen molar-refractivity contribution in [3.05, 3.63) is 17.0 Å². The Morgan fingerprint density at radius 3 is 2.83 bits per heavy atom. The number of sulfonamides is 1. The third kappa shape index (κ3) is 3.07.